The molecule has 0 N–H and O–H groups in total. The van der Waals surface area contributed by atoms with Crippen LogP contribution in [-0.4, -0.2) is 25.3 Å². The molecule has 2 aromatic rings. The monoisotopic (exact) mass is 472 g/mol. The molecule has 0 radical (unpaired) electrons. The van der Waals surface area contributed by atoms with Crippen LogP contribution in [0.4, 0.5) is 0 Å². The van der Waals surface area contributed by atoms with E-state index < -0.39 is 0 Å². The van der Waals surface area contributed by atoms with Crippen molar-refractivity contribution in [2.45, 2.75) is 83.8 Å². The molecule has 33 heavy (non-hydrogen) atoms. The number of esters is 1. The zero-order chi connectivity index (χ0) is 23.5. The van der Waals surface area contributed by atoms with E-state index in [0.717, 1.165) is 54.5 Å². The van der Waals surface area contributed by atoms with Crippen molar-refractivity contribution in [3.63, 3.8) is 0 Å². The van der Waals surface area contributed by atoms with Crippen LogP contribution >= 0.6 is 11.6 Å². The van der Waals surface area contributed by atoms with Gasteiger partial charge in [0.2, 0.25) is 0 Å². The Bertz CT molecular complexity index is 865. The lowest BCUT2D eigenvalue weighted by Gasteiger charge is -2.30. The summed E-state index contributed by atoms with van der Waals surface area (Å²) in [7, 11) is 0. The van der Waals surface area contributed by atoms with Gasteiger partial charge in [0.15, 0.2) is 0 Å². The predicted octanol–water partition coefficient (Wildman–Crippen LogP) is 7.92. The molecule has 1 aliphatic rings. The van der Waals surface area contributed by atoms with E-state index in [1.54, 1.807) is 0 Å². The lowest BCUT2D eigenvalue weighted by molar-refractivity contribution is -0.152. The number of hydrogen-bond donors (Lipinski definition) is 0. The summed E-state index contributed by atoms with van der Waals surface area (Å²) in [6, 6.07) is 14.1. The Morgan fingerprint density at radius 3 is 2.58 bits per heavy atom. The zero-order valence-corrected chi connectivity index (χ0v) is 20.7. The van der Waals surface area contributed by atoms with E-state index in [1.807, 2.05) is 43.3 Å². The fourth-order valence-electron chi connectivity index (χ4n) is 4.26. The molecule has 1 saturated heterocycles. The van der Waals surface area contributed by atoms with Crippen LogP contribution < -0.4 is 4.74 Å². The first-order valence-corrected chi connectivity index (χ1v) is 12.8. The van der Waals surface area contributed by atoms with E-state index in [0.29, 0.717) is 24.7 Å². The number of carbonyl (C=O) groups is 1. The van der Waals surface area contributed by atoms with Crippen LogP contribution in [0.2, 0.25) is 5.02 Å². The summed E-state index contributed by atoms with van der Waals surface area (Å²) in [4.78, 5) is 12.1. The molecule has 2 atom stereocenters. The number of unbranched alkanes of at least 4 members (excludes halogenated alkanes) is 4. The lowest BCUT2D eigenvalue weighted by Crippen LogP contribution is -2.28. The first-order valence-electron chi connectivity index (χ1n) is 12.4. The van der Waals surface area contributed by atoms with Gasteiger partial charge in [-0.25, -0.2) is 0 Å². The maximum absolute atomic E-state index is 12.1. The normalized spacial score (nSPS) is 18.2. The van der Waals surface area contributed by atoms with Crippen LogP contribution in [0, 0.1) is 0 Å². The third-order valence-corrected chi connectivity index (χ3v) is 6.43. The van der Waals surface area contributed by atoms with Gasteiger partial charge in [0.05, 0.1) is 18.8 Å². The molecule has 1 heterocycles. The predicted molar refractivity (Wildman–Crippen MR) is 134 cm³/mol. The summed E-state index contributed by atoms with van der Waals surface area (Å²) in [6.45, 7) is 5.14. The van der Waals surface area contributed by atoms with Crippen molar-refractivity contribution < 1.29 is 19.0 Å². The molecule has 0 aromatic heterocycles. The Balaban J connectivity index is 1.55. The van der Waals surface area contributed by atoms with Crippen molar-refractivity contribution in [1.29, 1.82) is 0 Å². The molecule has 0 saturated carbocycles. The molecule has 0 aliphatic carbocycles. The van der Waals surface area contributed by atoms with Crippen molar-refractivity contribution in [2.75, 3.05) is 13.2 Å². The maximum atomic E-state index is 12.1. The van der Waals surface area contributed by atoms with Gasteiger partial charge < -0.3 is 14.2 Å². The lowest BCUT2D eigenvalue weighted by atomic mass is 9.95. The van der Waals surface area contributed by atoms with Gasteiger partial charge >= 0.3 is 5.97 Å². The van der Waals surface area contributed by atoms with Gasteiger partial charge in [-0.2, -0.15) is 0 Å². The van der Waals surface area contributed by atoms with Crippen LogP contribution in [0.15, 0.2) is 42.5 Å². The van der Waals surface area contributed by atoms with Gasteiger partial charge in [0.25, 0.3) is 0 Å². The van der Waals surface area contributed by atoms with Gasteiger partial charge in [-0.15, -0.1) is 0 Å². The summed E-state index contributed by atoms with van der Waals surface area (Å²) in [5, 5.41) is 0.711. The fourth-order valence-corrected chi connectivity index (χ4v) is 4.49. The second kappa shape index (κ2) is 13.6. The van der Waals surface area contributed by atoms with Gasteiger partial charge in [0, 0.05) is 17.0 Å². The topological polar surface area (TPSA) is 44.8 Å². The average molecular weight is 473 g/mol. The summed E-state index contributed by atoms with van der Waals surface area (Å²) < 4.78 is 17.4. The first kappa shape index (κ1) is 25.6. The molecular formula is C28H37ClO4. The van der Waals surface area contributed by atoms with E-state index >= 15 is 0 Å². The maximum Gasteiger partial charge on any atom is 0.305 e. The molecule has 1 aliphatic heterocycles. The number of benzene rings is 2. The van der Waals surface area contributed by atoms with E-state index in [4.69, 9.17) is 25.8 Å². The number of hydrogen-bond acceptors (Lipinski definition) is 4. The highest BCUT2D eigenvalue weighted by Gasteiger charge is 2.25. The second-order valence-corrected chi connectivity index (χ2v) is 9.13. The van der Waals surface area contributed by atoms with E-state index in [1.165, 1.54) is 19.3 Å². The highest BCUT2D eigenvalue weighted by Crippen LogP contribution is 2.36. The molecule has 0 bridgehead atoms. The third-order valence-electron chi connectivity index (χ3n) is 6.10. The first-order chi connectivity index (χ1) is 16.1. The zero-order valence-electron chi connectivity index (χ0n) is 20.0. The molecule has 4 nitrogen and oxygen atoms in total. The van der Waals surface area contributed by atoms with Crippen LogP contribution in [0.25, 0.3) is 11.1 Å². The van der Waals surface area contributed by atoms with Crippen molar-refractivity contribution in [3.8, 4) is 16.9 Å². The summed E-state index contributed by atoms with van der Waals surface area (Å²) in [5.41, 5.74) is 3.14. The Hall–Kier alpha value is -2.04. The third kappa shape index (κ3) is 8.04. The van der Waals surface area contributed by atoms with Gasteiger partial charge in [0.1, 0.15) is 12.4 Å². The molecule has 0 amide bonds. The minimum Gasteiger partial charge on any atom is -0.494 e. The fraction of sp³-hybridized carbons (Fsp3) is 0.536. The molecule has 0 spiro atoms. The number of halogens is 1. The van der Waals surface area contributed by atoms with Crippen LogP contribution in [-0.2, 0) is 14.3 Å². The van der Waals surface area contributed by atoms with E-state index in [-0.39, 0.29) is 18.2 Å². The molecule has 180 valence electrons. The Kier molecular flexibility index (Phi) is 10.6. The number of carbonyl (C=O) groups excluding carboxylic acids is 1. The number of rotatable bonds is 12. The number of ether oxygens (including phenoxy) is 3. The SMILES string of the molecule is CCCCCCCC(=O)OC[C@H]1CCC[C@@H](c2ccc(Cl)c(-c3ccc(OCC)cc3)c2)O1. The van der Waals surface area contributed by atoms with Crippen LogP contribution in [0.5, 0.6) is 5.75 Å². The Morgan fingerprint density at radius 2 is 1.82 bits per heavy atom. The van der Waals surface area contributed by atoms with Crippen molar-refractivity contribution in [3.05, 3.63) is 53.1 Å². The molecule has 0 unspecified atom stereocenters. The quantitative estimate of drug-likeness (QED) is 0.232. The van der Waals surface area contributed by atoms with E-state index in [2.05, 4.69) is 13.0 Å². The van der Waals surface area contributed by atoms with Crippen LogP contribution in [0.1, 0.15) is 83.3 Å². The summed E-state index contributed by atoms with van der Waals surface area (Å²) in [5.74, 6) is 0.740. The summed E-state index contributed by atoms with van der Waals surface area (Å²) >= 11 is 6.52. The molecule has 5 heteroatoms. The molecule has 2 aromatic carbocycles. The largest absolute Gasteiger partial charge is 0.494 e. The molecule has 1 fully saturated rings. The van der Waals surface area contributed by atoms with Crippen LogP contribution in [0.3, 0.4) is 0 Å². The molecule has 3 rings (SSSR count). The molecular weight excluding hydrogens is 436 g/mol. The van der Waals surface area contributed by atoms with Gasteiger partial charge in [-0.3, -0.25) is 4.79 Å². The second-order valence-electron chi connectivity index (χ2n) is 8.72. The minimum absolute atomic E-state index is 0.0183. The van der Waals surface area contributed by atoms with E-state index in [9.17, 15) is 4.79 Å². The Morgan fingerprint density at radius 1 is 1.03 bits per heavy atom. The summed E-state index contributed by atoms with van der Waals surface area (Å²) in [6.07, 6.45) is 8.98. The standard InChI is InChI=1S/C28H37ClO4/c1-3-5-6-7-8-12-28(30)32-20-24-10-9-11-27(33-24)22-15-18-26(29)25(19-22)21-13-16-23(17-14-21)31-4-2/h13-19,24,27H,3-12,20H2,1-2H3/t24-,27+/m1/s1. The minimum atomic E-state index is -0.110. The average Bonchev–Trinajstić information content (AvgIpc) is 2.84. The van der Waals surface area contributed by atoms with Gasteiger partial charge in [-0.05, 0) is 68.0 Å². The highest BCUT2D eigenvalue weighted by molar-refractivity contribution is 6.33. The highest BCUT2D eigenvalue weighted by atomic mass is 35.5. The van der Waals surface area contributed by atoms with Gasteiger partial charge in [-0.1, -0.05) is 62.4 Å². The van der Waals surface area contributed by atoms with Crippen molar-refractivity contribution in [2.24, 2.45) is 0 Å². The van der Waals surface area contributed by atoms with Crippen molar-refractivity contribution in [1.82, 2.24) is 0 Å². The van der Waals surface area contributed by atoms with Crippen molar-refractivity contribution >= 4 is 17.6 Å². The Labute approximate surface area is 203 Å². The smallest absolute Gasteiger partial charge is 0.305 e.